The molecule has 160 valence electrons. The molecule has 7 nitrogen and oxygen atoms in total. The van der Waals surface area contributed by atoms with E-state index in [0.717, 1.165) is 5.56 Å². The minimum atomic E-state index is -0.498. The normalized spacial score (nSPS) is 10.5. The zero-order valence-corrected chi connectivity index (χ0v) is 17.8. The molecule has 0 aliphatic heterocycles. The molecule has 2 N–H and O–H groups in total. The van der Waals surface area contributed by atoms with Gasteiger partial charge >= 0.3 is 0 Å². The first-order valence-electron chi connectivity index (χ1n) is 9.53. The van der Waals surface area contributed by atoms with Crippen LogP contribution in [-0.2, 0) is 17.9 Å². The van der Waals surface area contributed by atoms with Gasteiger partial charge in [-0.15, -0.1) is 16.8 Å². The molecule has 3 rings (SSSR count). The quantitative estimate of drug-likeness (QED) is 0.393. The largest absolute Gasteiger partial charge is 0.345 e. The number of aromatic nitrogens is 3. The zero-order valence-electron chi connectivity index (χ0n) is 17.0. The molecule has 3 aromatic rings. The molecule has 0 spiro atoms. The molecule has 0 aliphatic rings. The summed E-state index contributed by atoms with van der Waals surface area (Å²) in [6.07, 6.45) is 1.68. The number of allylic oxidation sites excluding steroid dienone is 1. The number of carbonyl (C=O) groups excluding carboxylic acids is 2. The molecule has 31 heavy (non-hydrogen) atoms. The topological polar surface area (TPSA) is 88.9 Å². The summed E-state index contributed by atoms with van der Waals surface area (Å²) in [6.45, 7) is 6.20. The van der Waals surface area contributed by atoms with E-state index in [1.54, 1.807) is 28.8 Å². The Balaban J connectivity index is 1.62. The molecule has 0 bridgehead atoms. The number of rotatable bonds is 9. The Hall–Kier alpha value is -3.46. The van der Waals surface area contributed by atoms with Crippen LogP contribution < -0.4 is 10.6 Å². The maximum absolute atomic E-state index is 13.7. The molecule has 0 aliphatic carbocycles. The molecule has 0 atom stereocenters. The molecule has 0 radical (unpaired) electrons. The van der Waals surface area contributed by atoms with E-state index in [9.17, 15) is 14.0 Å². The van der Waals surface area contributed by atoms with Crippen molar-refractivity contribution in [2.45, 2.75) is 25.2 Å². The Morgan fingerprint density at radius 3 is 2.65 bits per heavy atom. The van der Waals surface area contributed by atoms with Gasteiger partial charge in [0.1, 0.15) is 5.82 Å². The molecule has 0 saturated heterocycles. The highest BCUT2D eigenvalue weighted by Gasteiger charge is 2.16. The lowest BCUT2D eigenvalue weighted by Crippen LogP contribution is -2.25. The Labute approximate surface area is 183 Å². The summed E-state index contributed by atoms with van der Waals surface area (Å²) < 4.78 is 15.5. The van der Waals surface area contributed by atoms with Crippen molar-refractivity contribution >= 4 is 29.3 Å². The third-order valence-corrected chi connectivity index (χ3v) is 5.35. The van der Waals surface area contributed by atoms with Gasteiger partial charge in [-0.1, -0.05) is 48.2 Å². The predicted molar refractivity (Wildman–Crippen MR) is 118 cm³/mol. The van der Waals surface area contributed by atoms with Crippen molar-refractivity contribution in [2.75, 3.05) is 11.1 Å². The van der Waals surface area contributed by atoms with E-state index in [2.05, 4.69) is 27.4 Å². The average Bonchev–Trinajstić information content (AvgIpc) is 3.14. The summed E-state index contributed by atoms with van der Waals surface area (Å²) in [5, 5.41) is 14.1. The van der Waals surface area contributed by atoms with Gasteiger partial charge in [-0.2, -0.15) is 0 Å². The maximum Gasteiger partial charge on any atom is 0.251 e. The van der Waals surface area contributed by atoms with Gasteiger partial charge in [0.25, 0.3) is 5.91 Å². The second kappa shape index (κ2) is 10.5. The molecule has 1 heterocycles. The lowest BCUT2D eigenvalue weighted by Gasteiger charge is -2.10. The number of benzene rings is 2. The fourth-order valence-electron chi connectivity index (χ4n) is 2.83. The van der Waals surface area contributed by atoms with E-state index < -0.39 is 5.82 Å². The molecular formula is C22H22FN5O2S. The van der Waals surface area contributed by atoms with Gasteiger partial charge in [0.2, 0.25) is 5.91 Å². The summed E-state index contributed by atoms with van der Waals surface area (Å²) in [4.78, 5) is 24.6. The first-order chi connectivity index (χ1) is 15.0. The minimum absolute atomic E-state index is 0.0270. The number of hydrogen-bond donors (Lipinski definition) is 2. The van der Waals surface area contributed by atoms with Crippen LogP contribution in [0, 0.1) is 12.7 Å². The Kier molecular flexibility index (Phi) is 7.55. The summed E-state index contributed by atoms with van der Waals surface area (Å²) in [7, 11) is 0. The van der Waals surface area contributed by atoms with Crippen LogP contribution in [0.25, 0.3) is 0 Å². The fourth-order valence-corrected chi connectivity index (χ4v) is 3.60. The van der Waals surface area contributed by atoms with Crippen LogP contribution in [0.1, 0.15) is 21.7 Å². The van der Waals surface area contributed by atoms with Crippen LogP contribution in [0.4, 0.5) is 10.1 Å². The minimum Gasteiger partial charge on any atom is -0.345 e. The molecular weight excluding hydrogens is 417 g/mol. The third-order valence-electron chi connectivity index (χ3n) is 4.38. The second-order valence-corrected chi connectivity index (χ2v) is 7.55. The van der Waals surface area contributed by atoms with E-state index in [-0.39, 0.29) is 29.8 Å². The van der Waals surface area contributed by atoms with Crippen LogP contribution in [0.5, 0.6) is 0 Å². The summed E-state index contributed by atoms with van der Waals surface area (Å²) in [5.74, 6) is -0.497. The third kappa shape index (κ3) is 5.79. The smallest absolute Gasteiger partial charge is 0.251 e. The van der Waals surface area contributed by atoms with Crippen molar-refractivity contribution < 1.29 is 14.0 Å². The average molecular weight is 440 g/mol. The van der Waals surface area contributed by atoms with Crippen molar-refractivity contribution in [3.8, 4) is 0 Å². The number of anilines is 1. The monoisotopic (exact) mass is 439 g/mol. The number of nitrogens with zero attached hydrogens (tertiary/aromatic N) is 3. The number of aryl methyl sites for hydroxylation is 1. The van der Waals surface area contributed by atoms with Crippen molar-refractivity contribution in [1.29, 1.82) is 0 Å². The van der Waals surface area contributed by atoms with Crippen LogP contribution >= 0.6 is 11.8 Å². The fraction of sp³-hybridized carbons (Fsp3) is 0.182. The highest BCUT2D eigenvalue weighted by molar-refractivity contribution is 7.99. The molecule has 2 amide bonds. The van der Waals surface area contributed by atoms with E-state index in [1.807, 2.05) is 25.1 Å². The van der Waals surface area contributed by atoms with Crippen molar-refractivity contribution in [3.05, 3.63) is 84.0 Å². The van der Waals surface area contributed by atoms with Crippen molar-refractivity contribution in [3.63, 3.8) is 0 Å². The number of amides is 2. The Morgan fingerprint density at radius 1 is 1.16 bits per heavy atom. The second-order valence-electron chi connectivity index (χ2n) is 6.61. The summed E-state index contributed by atoms with van der Waals surface area (Å²) >= 11 is 1.17. The molecule has 1 aromatic heterocycles. The van der Waals surface area contributed by atoms with E-state index in [4.69, 9.17) is 0 Å². The van der Waals surface area contributed by atoms with Crippen LogP contribution in [0.15, 0.2) is 66.3 Å². The van der Waals surface area contributed by atoms with Gasteiger partial charge in [-0.05, 0) is 30.7 Å². The summed E-state index contributed by atoms with van der Waals surface area (Å²) in [5.41, 5.74) is 1.60. The van der Waals surface area contributed by atoms with E-state index >= 15 is 0 Å². The van der Waals surface area contributed by atoms with Gasteiger partial charge in [0.15, 0.2) is 11.0 Å². The molecule has 9 heteroatoms. The van der Waals surface area contributed by atoms with E-state index in [1.165, 1.54) is 23.9 Å². The van der Waals surface area contributed by atoms with E-state index in [0.29, 0.717) is 23.1 Å². The number of halogens is 1. The van der Waals surface area contributed by atoms with Gasteiger partial charge in [-0.25, -0.2) is 4.39 Å². The highest BCUT2D eigenvalue weighted by atomic mass is 32.2. The van der Waals surface area contributed by atoms with Crippen molar-refractivity contribution in [1.82, 2.24) is 20.1 Å². The Morgan fingerprint density at radius 2 is 1.90 bits per heavy atom. The zero-order chi connectivity index (χ0) is 22.2. The standard InChI is InChI=1S/C22H22FN5O2S/c1-3-12-28-19(13-24-21(30)16-9-5-4-8-15(16)2)26-27-22(28)31-14-20(29)25-18-11-7-6-10-17(18)23/h3-11H,1,12-14H2,2H3,(H,24,30)(H,25,29). The Bertz CT molecular complexity index is 1100. The van der Waals surface area contributed by atoms with Gasteiger partial charge in [0, 0.05) is 12.1 Å². The predicted octanol–water partition coefficient (Wildman–Crippen LogP) is 3.57. The molecule has 0 fully saturated rings. The first-order valence-corrected chi connectivity index (χ1v) is 10.5. The van der Waals surface area contributed by atoms with Crippen LogP contribution in [-0.4, -0.2) is 32.3 Å². The van der Waals surface area contributed by atoms with Gasteiger partial charge < -0.3 is 15.2 Å². The number of nitrogens with one attached hydrogen (secondary N) is 2. The molecule has 2 aromatic carbocycles. The van der Waals surface area contributed by atoms with Crippen LogP contribution in [0.3, 0.4) is 0 Å². The number of hydrogen-bond acceptors (Lipinski definition) is 5. The van der Waals surface area contributed by atoms with Crippen molar-refractivity contribution in [2.24, 2.45) is 0 Å². The maximum atomic E-state index is 13.7. The SMILES string of the molecule is C=CCn1c(CNC(=O)c2ccccc2C)nnc1SCC(=O)Nc1ccccc1F. The number of thioether (sulfide) groups is 1. The first kappa shape index (κ1) is 22.2. The lowest BCUT2D eigenvalue weighted by molar-refractivity contribution is -0.113. The highest BCUT2D eigenvalue weighted by Crippen LogP contribution is 2.19. The van der Waals surface area contributed by atoms with Gasteiger partial charge in [-0.3, -0.25) is 9.59 Å². The number of carbonyl (C=O) groups is 2. The number of para-hydroxylation sites is 1. The van der Waals surface area contributed by atoms with Gasteiger partial charge in [0.05, 0.1) is 18.0 Å². The summed E-state index contributed by atoms with van der Waals surface area (Å²) in [6, 6.07) is 13.3. The van der Waals surface area contributed by atoms with Crippen LogP contribution in [0.2, 0.25) is 0 Å². The lowest BCUT2D eigenvalue weighted by atomic mass is 10.1. The molecule has 0 unspecified atom stereocenters. The molecule has 0 saturated carbocycles.